The van der Waals surface area contributed by atoms with Gasteiger partial charge in [0.15, 0.2) is 5.78 Å². The lowest BCUT2D eigenvalue weighted by molar-refractivity contribution is -0.173. The summed E-state index contributed by atoms with van der Waals surface area (Å²) in [5, 5.41) is 19.9. The van der Waals surface area contributed by atoms with E-state index in [0.717, 1.165) is 0 Å². The number of phenolic OH excluding ortho intramolecular Hbond substituents is 1. The van der Waals surface area contributed by atoms with Gasteiger partial charge in [-0.25, -0.2) is 4.79 Å². The fourth-order valence-electron chi connectivity index (χ4n) is 2.08. The van der Waals surface area contributed by atoms with Crippen LogP contribution in [0.3, 0.4) is 0 Å². The Labute approximate surface area is 151 Å². The second-order valence-corrected chi connectivity index (χ2v) is 5.79. The molecule has 6 heteroatoms. The van der Waals surface area contributed by atoms with Crippen LogP contribution in [0.2, 0.25) is 0 Å². The van der Waals surface area contributed by atoms with Gasteiger partial charge in [0, 0.05) is 17.2 Å². The maximum Gasteiger partial charge on any atom is 0.336 e. The summed E-state index contributed by atoms with van der Waals surface area (Å²) in [6.07, 6.45) is -2.40. The van der Waals surface area contributed by atoms with Crippen LogP contribution in [0.15, 0.2) is 60.7 Å². The standard InChI is InChI=1S/C20H20O6/c1-12(2)19(24)26-20(13(3)21)25-15-9-10-16(17(22)11-15)18(23)14-7-5-4-6-8-14/h4-11,13,20-22H,1H2,2-3H3. The number of carbonyl (C=O) groups excluding carboxylic acids is 2. The number of ether oxygens (including phenoxy) is 2. The Morgan fingerprint density at radius 1 is 1.12 bits per heavy atom. The van der Waals surface area contributed by atoms with Crippen molar-refractivity contribution in [2.45, 2.75) is 26.2 Å². The molecule has 136 valence electrons. The van der Waals surface area contributed by atoms with Crippen molar-refractivity contribution in [3.63, 3.8) is 0 Å². The van der Waals surface area contributed by atoms with E-state index >= 15 is 0 Å². The van der Waals surface area contributed by atoms with Crippen molar-refractivity contribution in [2.24, 2.45) is 0 Å². The summed E-state index contributed by atoms with van der Waals surface area (Å²) in [7, 11) is 0. The summed E-state index contributed by atoms with van der Waals surface area (Å²) in [5.74, 6) is -1.20. The third kappa shape index (κ3) is 4.70. The van der Waals surface area contributed by atoms with E-state index in [1.165, 1.54) is 32.0 Å². The van der Waals surface area contributed by atoms with Crippen LogP contribution in [0.5, 0.6) is 11.5 Å². The van der Waals surface area contributed by atoms with Crippen LogP contribution in [0, 0.1) is 0 Å². The topological polar surface area (TPSA) is 93.1 Å². The zero-order valence-corrected chi connectivity index (χ0v) is 14.5. The molecule has 0 aliphatic heterocycles. The highest BCUT2D eigenvalue weighted by atomic mass is 16.7. The maximum absolute atomic E-state index is 12.4. The molecule has 2 N–H and O–H groups in total. The molecule has 2 aromatic carbocycles. The summed E-state index contributed by atoms with van der Waals surface area (Å²) in [4.78, 5) is 24.0. The van der Waals surface area contributed by atoms with Gasteiger partial charge in [-0.05, 0) is 26.0 Å². The van der Waals surface area contributed by atoms with Crippen LogP contribution in [0.1, 0.15) is 29.8 Å². The molecule has 0 aliphatic rings. The summed E-state index contributed by atoms with van der Waals surface area (Å²) >= 11 is 0. The number of rotatable bonds is 7. The molecule has 0 aromatic heterocycles. The van der Waals surface area contributed by atoms with Gasteiger partial charge in [-0.2, -0.15) is 0 Å². The molecule has 0 aliphatic carbocycles. The zero-order valence-electron chi connectivity index (χ0n) is 14.5. The first-order chi connectivity index (χ1) is 12.3. The van der Waals surface area contributed by atoms with Crippen molar-refractivity contribution in [3.8, 4) is 11.5 Å². The molecule has 0 fully saturated rings. The Balaban J connectivity index is 2.19. The number of hydrogen-bond donors (Lipinski definition) is 2. The van der Waals surface area contributed by atoms with Gasteiger partial charge in [0.05, 0.1) is 5.56 Å². The highest BCUT2D eigenvalue weighted by Gasteiger charge is 2.23. The predicted octanol–water partition coefficient (Wildman–Crippen LogP) is 2.83. The lowest BCUT2D eigenvalue weighted by Gasteiger charge is -2.22. The van der Waals surface area contributed by atoms with Crippen molar-refractivity contribution in [1.82, 2.24) is 0 Å². The smallest absolute Gasteiger partial charge is 0.336 e. The number of aliphatic hydroxyl groups excluding tert-OH is 1. The van der Waals surface area contributed by atoms with E-state index in [1.807, 2.05) is 0 Å². The number of ketones is 1. The van der Waals surface area contributed by atoms with Crippen LogP contribution in [0.4, 0.5) is 0 Å². The van der Waals surface area contributed by atoms with Crippen molar-refractivity contribution >= 4 is 11.8 Å². The Bertz CT molecular complexity index is 810. The van der Waals surface area contributed by atoms with E-state index in [4.69, 9.17) is 9.47 Å². The molecule has 2 atom stereocenters. The van der Waals surface area contributed by atoms with Crippen molar-refractivity contribution in [3.05, 3.63) is 71.8 Å². The Kier molecular flexibility index (Phi) is 6.14. The first-order valence-corrected chi connectivity index (χ1v) is 7.93. The number of esters is 1. The van der Waals surface area contributed by atoms with Crippen LogP contribution in [0.25, 0.3) is 0 Å². The Hall–Kier alpha value is -3.12. The first-order valence-electron chi connectivity index (χ1n) is 7.93. The van der Waals surface area contributed by atoms with Gasteiger partial charge in [0.1, 0.15) is 17.6 Å². The molecule has 26 heavy (non-hydrogen) atoms. The minimum atomic E-state index is -1.28. The fraction of sp³-hybridized carbons (Fsp3) is 0.200. The molecule has 0 saturated carbocycles. The molecule has 0 bridgehead atoms. The molecule has 0 heterocycles. The number of aromatic hydroxyl groups is 1. The lowest BCUT2D eigenvalue weighted by atomic mass is 10.0. The van der Waals surface area contributed by atoms with E-state index in [1.54, 1.807) is 30.3 Å². The van der Waals surface area contributed by atoms with E-state index in [0.29, 0.717) is 5.56 Å². The minimum absolute atomic E-state index is 0.107. The fourth-order valence-corrected chi connectivity index (χ4v) is 2.08. The van der Waals surface area contributed by atoms with Gasteiger partial charge < -0.3 is 19.7 Å². The first kappa shape index (κ1) is 19.2. The summed E-state index contributed by atoms with van der Waals surface area (Å²) < 4.78 is 10.4. The predicted molar refractivity (Wildman–Crippen MR) is 95.0 cm³/mol. The third-order valence-electron chi connectivity index (χ3n) is 3.47. The van der Waals surface area contributed by atoms with Gasteiger partial charge in [0.25, 0.3) is 6.29 Å². The van der Waals surface area contributed by atoms with Gasteiger partial charge in [-0.1, -0.05) is 36.9 Å². The van der Waals surface area contributed by atoms with Crippen LogP contribution < -0.4 is 4.74 Å². The highest BCUT2D eigenvalue weighted by Crippen LogP contribution is 2.27. The van der Waals surface area contributed by atoms with E-state index < -0.39 is 18.4 Å². The quantitative estimate of drug-likeness (QED) is 0.343. The van der Waals surface area contributed by atoms with E-state index in [2.05, 4.69) is 6.58 Å². The molecular weight excluding hydrogens is 336 g/mol. The molecule has 0 spiro atoms. The highest BCUT2D eigenvalue weighted by molar-refractivity contribution is 6.10. The molecule has 0 amide bonds. The van der Waals surface area contributed by atoms with Gasteiger partial charge in [-0.15, -0.1) is 0 Å². The SMILES string of the molecule is C=C(C)C(=O)OC(Oc1ccc(C(=O)c2ccccc2)c(O)c1)C(C)O. The van der Waals surface area contributed by atoms with E-state index in [-0.39, 0.29) is 28.4 Å². The summed E-state index contributed by atoms with van der Waals surface area (Å²) in [5.41, 5.74) is 0.704. The lowest BCUT2D eigenvalue weighted by Crippen LogP contribution is -2.34. The number of hydrogen-bond acceptors (Lipinski definition) is 6. The third-order valence-corrected chi connectivity index (χ3v) is 3.47. The number of benzene rings is 2. The van der Waals surface area contributed by atoms with Crippen LogP contribution >= 0.6 is 0 Å². The molecule has 0 saturated heterocycles. The average Bonchev–Trinajstić information content (AvgIpc) is 2.61. The largest absolute Gasteiger partial charge is 0.507 e. The molecule has 6 nitrogen and oxygen atoms in total. The summed E-state index contributed by atoms with van der Waals surface area (Å²) in [6.45, 7) is 6.32. The van der Waals surface area contributed by atoms with Crippen LogP contribution in [-0.2, 0) is 9.53 Å². The molecule has 2 unspecified atom stereocenters. The molecular formula is C20H20O6. The minimum Gasteiger partial charge on any atom is -0.507 e. The van der Waals surface area contributed by atoms with Crippen molar-refractivity contribution < 1.29 is 29.3 Å². The zero-order chi connectivity index (χ0) is 19.3. The van der Waals surface area contributed by atoms with Gasteiger partial charge >= 0.3 is 5.97 Å². The molecule has 2 rings (SSSR count). The van der Waals surface area contributed by atoms with Crippen LogP contribution in [-0.4, -0.2) is 34.4 Å². The van der Waals surface area contributed by atoms with E-state index in [9.17, 15) is 19.8 Å². The Morgan fingerprint density at radius 3 is 2.31 bits per heavy atom. The normalized spacial score (nSPS) is 12.7. The second kappa shape index (κ2) is 8.31. The maximum atomic E-state index is 12.4. The molecule has 2 aromatic rings. The molecule has 0 radical (unpaired) electrons. The number of carbonyl (C=O) groups is 2. The average molecular weight is 356 g/mol. The van der Waals surface area contributed by atoms with Crippen molar-refractivity contribution in [1.29, 1.82) is 0 Å². The van der Waals surface area contributed by atoms with Gasteiger partial charge in [-0.3, -0.25) is 4.79 Å². The monoisotopic (exact) mass is 356 g/mol. The van der Waals surface area contributed by atoms with Crippen molar-refractivity contribution in [2.75, 3.05) is 0 Å². The second-order valence-electron chi connectivity index (χ2n) is 5.79. The number of phenols is 1. The number of aliphatic hydroxyl groups is 1. The Morgan fingerprint density at radius 2 is 1.77 bits per heavy atom. The summed E-state index contributed by atoms with van der Waals surface area (Å²) in [6, 6.07) is 12.6. The van der Waals surface area contributed by atoms with Gasteiger partial charge in [0.2, 0.25) is 0 Å².